The highest BCUT2D eigenvalue weighted by Crippen LogP contribution is 2.17. The average Bonchev–Trinajstić information content (AvgIpc) is 2.68. The van der Waals surface area contributed by atoms with Gasteiger partial charge in [0.15, 0.2) is 5.96 Å². The van der Waals surface area contributed by atoms with Crippen LogP contribution in [0.4, 0.5) is 4.39 Å². The first-order valence-electron chi connectivity index (χ1n) is 8.84. The van der Waals surface area contributed by atoms with E-state index < -0.39 is 0 Å². The maximum Gasteiger partial charge on any atom is 0.218 e. The Labute approximate surface area is 183 Å². The van der Waals surface area contributed by atoms with E-state index in [4.69, 9.17) is 9.47 Å². The summed E-state index contributed by atoms with van der Waals surface area (Å²) in [6.07, 6.45) is 1.69. The summed E-state index contributed by atoms with van der Waals surface area (Å²) in [5, 5.41) is 6.50. The van der Waals surface area contributed by atoms with Crippen LogP contribution in [0.25, 0.3) is 0 Å². The van der Waals surface area contributed by atoms with Crippen molar-refractivity contribution in [2.45, 2.75) is 26.4 Å². The van der Waals surface area contributed by atoms with E-state index in [0.717, 1.165) is 11.1 Å². The van der Waals surface area contributed by atoms with Gasteiger partial charge in [-0.15, -0.1) is 24.0 Å². The molecule has 0 fully saturated rings. The van der Waals surface area contributed by atoms with Crippen molar-refractivity contribution >= 4 is 29.9 Å². The van der Waals surface area contributed by atoms with E-state index in [1.54, 1.807) is 39.4 Å². The third kappa shape index (κ3) is 7.23. The summed E-state index contributed by atoms with van der Waals surface area (Å²) in [4.78, 5) is 8.49. The van der Waals surface area contributed by atoms with Gasteiger partial charge >= 0.3 is 0 Å². The second-order valence-electron chi connectivity index (χ2n) is 6.11. The summed E-state index contributed by atoms with van der Waals surface area (Å²) in [5.74, 6) is 0.957. The van der Waals surface area contributed by atoms with E-state index in [2.05, 4.69) is 20.6 Å². The Balaban J connectivity index is 0.00000392. The van der Waals surface area contributed by atoms with E-state index >= 15 is 0 Å². The molecule has 0 spiro atoms. The molecule has 2 aromatic rings. The topological polar surface area (TPSA) is 67.8 Å². The quantitative estimate of drug-likeness (QED) is 0.250. The molecule has 28 heavy (non-hydrogen) atoms. The zero-order chi connectivity index (χ0) is 19.6. The molecule has 0 aliphatic carbocycles. The molecule has 2 N–H and O–H groups in total. The van der Waals surface area contributed by atoms with Crippen LogP contribution < -0.4 is 15.4 Å². The van der Waals surface area contributed by atoms with Crippen molar-refractivity contribution in [3.05, 3.63) is 59.0 Å². The molecule has 0 bridgehead atoms. The van der Waals surface area contributed by atoms with E-state index in [-0.39, 0.29) is 35.8 Å². The Hall–Kier alpha value is -1.94. The molecule has 0 saturated carbocycles. The van der Waals surface area contributed by atoms with Gasteiger partial charge in [-0.05, 0) is 37.1 Å². The molecule has 6 nitrogen and oxygen atoms in total. The number of halogens is 2. The minimum absolute atomic E-state index is 0. The van der Waals surface area contributed by atoms with Crippen LogP contribution in [0.15, 0.2) is 41.5 Å². The van der Waals surface area contributed by atoms with E-state index in [9.17, 15) is 4.39 Å². The van der Waals surface area contributed by atoms with Gasteiger partial charge in [0.25, 0.3) is 0 Å². The van der Waals surface area contributed by atoms with Gasteiger partial charge in [0.1, 0.15) is 12.4 Å². The van der Waals surface area contributed by atoms with Gasteiger partial charge in [-0.3, -0.25) is 4.99 Å². The van der Waals surface area contributed by atoms with Gasteiger partial charge in [0, 0.05) is 32.5 Å². The maximum absolute atomic E-state index is 13.8. The molecule has 0 radical (unpaired) electrons. The Kier molecular flexibility index (Phi) is 10.8. The Morgan fingerprint density at radius 2 is 2.07 bits per heavy atom. The predicted molar refractivity (Wildman–Crippen MR) is 120 cm³/mol. The lowest BCUT2D eigenvalue weighted by Gasteiger charge is -2.19. The van der Waals surface area contributed by atoms with Gasteiger partial charge in [-0.2, -0.15) is 0 Å². The smallest absolute Gasteiger partial charge is 0.218 e. The number of pyridine rings is 1. The maximum atomic E-state index is 13.8. The monoisotopic (exact) mass is 502 g/mol. The summed E-state index contributed by atoms with van der Waals surface area (Å²) in [6, 6.07) is 8.92. The number of benzene rings is 1. The van der Waals surface area contributed by atoms with Crippen LogP contribution in [-0.2, 0) is 11.3 Å². The fourth-order valence-electron chi connectivity index (χ4n) is 2.45. The minimum Gasteiger partial charge on any atom is -0.475 e. The van der Waals surface area contributed by atoms with Gasteiger partial charge in [0.2, 0.25) is 5.88 Å². The Morgan fingerprint density at radius 3 is 2.75 bits per heavy atom. The molecule has 0 saturated heterocycles. The number of aryl methyl sites for hydroxylation is 1. The number of methoxy groups -OCH3 is 1. The van der Waals surface area contributed by atoms with Crippen LogP contribution in [0.1, 0.15) is 29.7 Å². The third-order valence-electron chi connectivity index (χ3n) is 4.10. The number of guanidine groups is 1. The zero-order valence-corrected chi connectivity index (χ0v) is 19.0. The average molecular weight is 502 g/mol. The van der Waals surface area contributed by atoms with Crippen molar-refractivity contribution in [1.82, 2.24) is 15.6 Å². The van der Waals surface area contributed by atoms with Gasteiger partial charge < -0.3 is 20.1 Å². The predicted octanol–water partition coefficient (Wildman–Crippen LogP) is 3.60. The van der Waals surface area contributed by atoms with Crippen LogP contribution in [0.2, 0.25) is 0 Å². The fourth-order valence-corrected chi connectivity index (χ4v) is 2.45. The standard InChI is InChI=1S/C20H27FN4O2.HI/c1-14-7-8-16(12-18(14)21)15(2)25-20(22-3)24-13-17-6-5-9-23-19(17)27-11-10-26-4;/h5-9,12,15H,10-11,13H2,1-4H3,(H2,22,24,25);1H. The van der Waals surface area contributed by atoms with E-state index in [0.29, 0.717) is 37.2 Å². The minimum atomic E-state index is -0.211. The Bertz CT molecular complexity index is 774. The fraction of sp³-hybridized carbons (Fsp3) is 0.400. The number of rotatable bonds is 8. The molecule has 154 valence electrons. The lowest BCUT2D eigenvalue weighted by atomic mass is 10.1. The first-order valence-corrected chi connectivity index (χ1v) is 8.84. The molecule has 1 aromatic carbocycles. The number of nitrogens with one attached hydrogen (secondary N) is 2. The van der Waals surface area contributed by atoms with Crippen molar-refractivity contribution in [3.63, 3.8) is 0 Å². The molecule has 8 heteroatoms. The van der Waals surface area contributed by atoms with Crippen LogP contribution >= 0.6 is 24.0 Å². The highest BCUT2D eigenvalue weighted by Gasteiger charge is 2.11. The summed E-state index contributed by atoms with van der Waals surface area (Å²) < 4.78 is 24.4. The normalized spacial score (nSPS) is 12.1. The molecule has 0 amide bonds. The summed E-state index contributed by atoms with van der Waals surface area (Å²) in [5.41, 5.74) is 2.39. The van der Waals surface area contributed by atoms with Gasteiger partial charge in [-0.1, -0.05) is 18.2 Å². The zero-order valence-electron chi connectivity index (χ0n) is 16.7. The first kappa shape index (κ1) is 24.1. The number of aliphatic imine (C=N–C) groups is 1. The third-order valence-corrected chi connectivity index (χ3v) is 4.10. The second-order valence-corrected chi connectivity index (χ2v) is 6.11. The highest BCUT2D eigenvalue weighted by atomic mass is 127. The molecule has 1 aromatic heterocycles. The van der Waals surface area contributed by atoms with Crippen LogP contribution in [0.3, 0.4) is 0 Å². The lowest BCUT2D eigenvalue weighted by Crippen LogP contribution is -2.38. The van der Waals surface area contributed by atoms with Crippen molar-refractivity contribution in [3.8, 4) is 5.88 Å². The van der Waals surface area contributed by atoms with Crippen molar-refractivity contribution < 1.29 is 13.9 Å². The SMILES string of the molecule is CN=C(NCc1cccnc1OCCOC)NC(C)c1ccc(C)c(F)c1.I. The second kappa shape index (κ2) is 12.5. The molecule has 1 atom stereocenters. The molecular weight excluding hydrogens is 474 g/mol. The van der Waals surface area contributed by atoms with E-state index in [1.165, 1.54) is 0 Å². The number of nitrogens with zero attached hydrogens (tertiary/aromatic N) is 2. The molecule has 0 aliphatic rings. The number of hydrogen-bond donors (Lipinski definition) is 2. The number of aromatic nitrogens is 1. The van der Waals surface area contributed by atoms with Crippen LogP contribution in [0, 0.1) is 12.7 Å². The largest absolute Gasteiger partial charge is 0.475 e. The van der Waals surface area contributed by atoms with E-state index in [1.807, 2.05) is 25.1 Å². The number of ether oxygens (including phenoxy) is 2. The van der Waals surface area contributed by atoms with Gasteiger partial charge in [-0.25, -0.2) is 9.37 Å². The first-order chi connectivity index (χ1) is 13.0. The molecule has 1 unspecified atom stereocenters. The summed E-state index contributed by atoms with van der Waals surface area (Å²) in [7, 11) is 3.32. The summed E-state index contributed by atoms with van der Waals surface area (Å²) in [6.45, 7) is 5.13. The van der Waals surface area contributed by atoms with Crippen LogP contribution in [0.5, 0.6) is 5.88 Å². The highest BCUT2D eigenvalue weighted by molar-refractivity contribution is 14.0. The summed E-state index contributed by atoms with van der Waals surface area (Å²) >= 11 is 0. The Morgan fingerprint density at radius 1 is 1.29 bits per heavy atom. The van der Waals surface area contributed by atoms with Gasteiger partial charge in [0.05, 0.1) is 12.6 Å². The number of hydrogen-bond acceptors (Lipinski definition) is 4. The lowest BCUT2D eigenvalue weighted by molar-refractivity contribution is 0.143. The van der Waals surface area contributed by atoms with Crippen molar-refractivity contribution in [1.29, 1.82) is 0 Å². The molecular formula is C20H28FIN4O2. The molecule has 2 rings (SSSR count). The van der Waals surface area contributed by atoms with Crippen LogP contribution in [-0.4, -0.2) is 38.3 Å². The van der Waals surface area contributed by atoms with Crippen molar-refractivity contribution in [2.75, 3.05) is 27.4 Å². The molecule has 1 heterocycles. The molecule has 0 aliphatic heterocycles. The van der Waals surface area contributed by atoms with Crippen molar-refractivity contribution in [2.24, 2.45) is 4.99 Å².